The second-order valence-electron chi connectivity index (χ2n) is 7.89. The quantitative estimate of drug-likeness (QED) is 0.754. The van der Waals surface area contributed by atoms with E-state index in [1.54, 1.807) is 4.90 Å². The fraction of sp³-hybridized carbons (Fsp3) is 0.364. The molecule has 0 radical (unpaired) electrons. The van der Waals surface area contributed by atoms with Crippen LogP contribution in [0.25, 0.3) is 0 Å². The number of benzene rings is 2. The largest absolute Gasteiger partial charge is 0.416 e. The zero-order valence-electron chi connectivity index (χ0n) is 16.5. The summed E-state index contributed by atoms with van der Waals surface area (Å²) in [5.41, 5.74) is -0.185. The molecule has 0 aliphatic carbocycles. The highest BCUT2D eigenvalue weighted by Gasteiger charge is 2.38. The third-order valence-corrected chi connectivity index (χ3v) is 5.80. The van der Waals surface area contributed by atoms with E-state index in [-0.39, 0.29) is 29.5 Å². The average molecular weight is 435 g/mol. The van der Waals surface area contributed by atoms with Gasteiger partial charge in [0, 0.05) is 49.4 Å². The molecule has 1 N–H and O–H groups in total. The summed E-state index contributed by atoms with van der Waals surface area (Å²) in [7, 11) is 0. The Morgan fingerprint density at radius 2 is 1.55 bits per heavy atom. The molecule has 2 aliphatic rings. The lowest BCUT2D eigenvalue weighted by Gasteiger charge is -2.37. The number of hydrogen-bond acceptors (Lipinski definition) is 3. The number of alkyl halides is 3. The van der Waals surface area contributed by atoms with Crippen LogP contribution >= 0.6 is 0 Å². The highest BCUT2D eigenvalue weighted by molar-refractivity contribution is 5.95. The standard InChI is InChI=1S/C22H21F4N3O2/c23-17-7-3-14(4-8-17)20(30)27-18-11-19-13-29(10-9-28(19)12-18)21(31)15-1-5-16(6-2-15)22(24,25)26/h1-8,18-19H,9-13H2,(H,27,30). The number of piperazine rings is 1. The molecule has 2 amide bonds. The smallest absolute Gasteiger partial charge is 0.348 e. The lowest BCUT2D eigenvalue weighted by molar-refractivity contribution is -0.137. The van der Waals surface area contributed by atoms with Crippen LogP contribution in [0.2, 0.25) is 0 Å². The predicted molar refractivity (Wildman–Crippen MR) is 105 cm³/mol. The summed E-state index contributed by atoms with van der Waals surface area (Å²) in [6, 6.07) is 9.54. The van der Waals surface area contributed by atoms with Crippen LogP contribution in [0.3, 0.4) is 0 Å². The average Bonchev–Trinajstić information content (AvgIpc) is 3.14. The molecule has 31 heavy (non-hydrogen) atoms. The first-order valence-corrected chi connectivity index (χ1v) is 9.98. The molecule has 2 heterocycles. The SMILES string of the molecule is O=C(NC1CC2CN(C(=O)c3ccc(C(F)(F)F)cc3)CCN2C1)c1ccc(F)cc1. The Morgan fingerprint density at radius 1 is 0.903 bits per heavy atom. The number of nitrogens with one attached hydrogen (secondary N) is 1. The lowest BCUT2D eigenvalue weighted by Crippen LogP contribution is -2.52. The van der Waals surface area contributed by atoms with Crippen LogP contribution in [0.15, 0.2) is 48.5 Å². The molecule has 0 bridgehead atoms. The molecule has 5 nitrogen and oxygen atoms in total. The van der Waals surface area contributed by atoms with Crippen LogP contribution < -0.4 is 5.32 Å². The Labute approximate surface area is 176 Å². The minimum atomic E-state index is -4.44. The van der Waals surface area contributed by atoms with Crippen molar-refractivity contribution in [3.05, 3.63) is 71.0 Å². The van der Waals surface area contributed by atoms with E-state index in [0.717, 1.165) is 12.1 Å². The number of hydrogen-bond donors (Lipinski definition) is 1. The van der Waals surface area contributed by atoms with Gasteiger partial charge in [-0.15, -0.1) is 0 Å². The Hall–Kier alpha value is -2.94. The van der Waals surface area contributed by atoms with Gasteiger partial charge < -0.3 is 10.2 Å². The van der Waals surface area contributed by atoms with Crippen LogP contribution in [0, 0.1) is 5.82 Å². The van der Waals surface area contributed by atoms with Crippen molar-refractivity contribution in [2.45, 2.75) is 24.7 Å². The molecule has 0 aromatic heterocycles. The van der Waals surface area contributed by atoms with Crippen molar-refractivity contribution in [2.24, 2.45) is 0 Å². The minimum Gasteiger partial charge on any atom is -0.348 e. The summed E-state index contributed by atoms with van der Waals surface area (Å²) < 4.78 is 51.2. The van der Waals surface area contributed by atoms with Gasteiger partial charge in [0.1, 0.15) is 5.82 Å². The topological polar surface area (TPSA) is 52.7 Å². The highest BCUT2D eigenvalue weighted by atomic mass is 19.4. The zero-order valence-corrected chi connectivity index (χ0v) is 16.5. The number of fused-ring (bicyclic) bond motifs is 1. The van der Waals surface area contributed by atoms with E-state index >= 15 is 0 Å². The number of carbonyl (C=O) groups excluding carboxylic acids is 2. The molecular formula is C22H21F4N3O2. The molecule has 2 fully saturated rings. The molecule has 0 saturated carbocycles. The summed E-state index contributed by atoms with van der Waals surface area (Å²) in [5, 5.41) is 2.95. The molecule has 4 rings (SSSR count). The zero-order chi connectivity index (χ0) is 22.2. The Bertz CT molecular complexity index is 960. The van der Waals surface area contributed by atoms with Gasteiger partial charge in [-0.1, -0.05) is 0 Å². The Balaban J connectivity index is 1.35. The summed E-state index contributed by atoms with van der Waals surface area (Å²) in [5.74, 6) is -0.984. The van der Waals surface area contributed by atoms with Crippen molar-refractivity contribution in [2.75, 3.05) is 26.2 Å². The van der Waals surface area contributed by atoms with E-state index in [9.17, 15) is 27.2 Å². The van der Waals surface area contributed by atoms with E-state index in [2.05, 4.69) is 10.2 Å². The van der Waals surface area contributed by atoms with E-state index in [4.69, 9.17) is 0 Å². The Morgan fingerprint density at radius 3 is 2.19 bits per heavy atom. The van der Waals surface area contributed by atoms with Gasteiger partial charge in [0.05, 0.1) is 5.56 Å². The van der Waals surface area contributed by atoms with Crippen LogP contribution in [-0.2, 0) is 6.18 Å². The summed E-state index contributed by atoms with van der Waals surface area (Å²) >= 11 is 0. The number of nitrogens with zero attached hydrogens (tertiary/aromatic N) is 2. The number of rotatable bonds is 3. The first-order valence-electron chi connectivity index (χ1n) is 9.98. The molecule has 2 aromatic rings. The molecular weight excluding hydrogens is 414 g/mol. The van der Waals surface area contributed by atoms with Gasteiger partial charge in [0.2, 0.25) is 0 Å². The third kappa shape index (κ3) is 4.71. The fourth-order valence-corrected chi connectivity index (χ4v) is 4.19. The maximum absolute atomic E-state index is 13.0. The maximum atomic E-state index is 13.0. The fourth-order valence-electron chi connectivity index (χ4n) is 4.19. The normalized spacial score (nSPS) is 21.6. The molecule has 0 spiro atoms. The highest BCUT2D eigenvalue weighted by Crippen LogP contribution is 2.29. The minimum absolute atomic E-state index is 0.0608. The van der Waals surface area contributed by atoms with Crippen molar-refractivity contribution in [3.8, 4) is 0 Å². The van der Waals surface area contributed by atoms with Crippen LogP contribution in [0.5, 0.6) is 0 Å². The van der Waals surface area contributed by atoms with Crippen molar-refractivity contribution >= 4 is 11.8 Å². The summed E-state index contributed by atoms with van der Waals surface area (Å²) in [6.07, 6.45) is -3.78. The van der Waals surface area contributed by atoms with Gasteiger partial charge in [0.25, 0.3) is 11.8 Å². The first kappa shape index (κ1) is 21.3. The van der Waals surface area contributed by atoms with Crippen LogP contribution in [0.1, 0.15) is 32.7 Å². The third-order valence-electron chi connectivity index (χ3n) is 5.80. The van der Waals surface area contributed by atoms with Crippen molar-refractivity contribution in [1.29, 1.82) is 0 Å². The summed E-state index contributed by atoms with van der Waals surface area (Å²) in [6.45, 7) is 2.19. The van der Waals surface area contributed by atoms with Crippen LogP contribution in [-0.4, -0.2) is 59.9 Å². The molecule has 2 saturated heterocycles. The van der Waals surface area contributed by atoms with E-state index in [0.29, 0.717) is 38.2 Å². The second kappa shape index (κ2) is 8.30. The van der Waals surface area contributed by atoms with Gasteiger partial charge in [-0.05, 0) is 55.0 Å². The molecule has 2 aromatic carbocycles. The van der Waals surface area contributed by atoms with Crippen LogP contribution in [0.4, 0.5) is 17.6 Å². The van der Waals surface area contributed by atoms with Gasteiger partial charge >= 0.3 is 6.18 Å². The van der Waals surface area contributed by atoms with Gasteiger partial charge in [-0.25, -0.2) is 4.39 Å². The van der Waals surface area contributed by atoms with E-state index < -0.39 is 17.6 Å². The molecule has 164 valence electrons. The molecule has 2 atom stereocenters. The monoisotopic (exact) mass is 435 g/mol. The number of carbonyl (C=O) groups is 2. The van der Waals surface area contributed by atoms with Gasteiger partial charge in [-0.2, -0.15) is 13.2 Å². The van der Waals surface area contributed by atoms with Crippen molar-refractivity contribution in [1.82, 2.24) is 15.1 Å². The summed E-state index contributed by atoms with van der Waals surface area (Å²) in [4.78, 5) is 29.0. The molecule has 9 heteroatoms. The van der Waals surface area contributed by atoms with E-state index in [1.165, 1.54) is 36.4 Å². The molecule has 2 unspecified atom stereocenters. The maximum Gasteiger partial charge on any atom is 0.416 e. The van der Waals surface area contributed by atoms with E-state index in [1.807, 2.05) is 0 Å². The first-order chi connectivity index (χ1) is 14.7. The van der Waals surface area contributed by atoms with Crippen molar-refractivity contribution < 1.29 is 27.2 Å². The predicted octanol–water partition coefficient (Wildman–Crippen LogP) is 3.17. The number of amides is 2. The number of halogens is 4. The van der Waals surface area contributed by atoms with Crippen molar-refractivity contribution in [3.63, 3.8) is 0 Å². The molecule has 2 aliphatic heterocycles. The van der Waals surface area contributed by atoms with Gasteiger partial charge in [0.15, 0.2) is 0 Å². The Kier molecular flexibility index (Phi) is 5.70. The van der Waals surface area contributed by atoms with Gasteiger partial charge in [-0.3, -0.25) is 14.5 Å². The lowest BCUT2D eigenvalue weighted by atomic mass is 10.1. The second-order valence-corrected chi connectivity index (χ2v) is 7.89.